The van der Waals surface area contributed by atoms with Gasteiger partial charge < -0.3 is 0 Å². The molecular weight excluding hydrogens is 449 g/mol. The van der Waals surface area contributed by atoms with Gasteiger partial charge in [0.15, 0.2) is 0 Å². The molecule has 0 radical (unpaired) electrons. The zero-order chi connectivity index (χ0) is 22.9. The van der Waals surface area contributed by atoms with Crippen LogP contribution in [0.15, 0.2) is 102 Å². The van der Waals surface area contributed by atoms with Crippen molar-refractivity contribution >= 4 is 38.6 Å². The quantitative estimate of drug-likeness (QED) is 0.353. The number of rotatable bonds is 5. The predicted molar refractivity (Wildman–Crippen MR) is 126 cm³/mol. The Balaban J connectivity index is 2.24. The molecule has 1 N–H and O–H groups in total. The third kappa shape index (κ3) is 3.97. The molecule has 0 saturated heterocycles. The molecule has 0 fully saturated rings. The number of aryl methyl sites for hydroxylation is 1. The van der Waals surface area contributed by atoms with E-state index in [2.05, 4.69) is 0 Å². The molecule has 0 heterocycles. The van der Waals surface area contributed by atoms with Crippen molar-refractivity contribution in [3.05, 3.63) is 114 Å². The van der Waals surface area contributed by atoms with E-state index in [1.54, 1.807) is 43.3 Å². The van der Waals surface area contributed by atoms with E-state index in [9.17, 15) is 21.8 Å². The standard InChI is InChI=1S/C25H19F2O3PS/c1-18-7-16-24(25(17-18)32(28,29)30)31(21-5-3-2-4-6-21,22-12-8-19(26)9-13-22)23-14-10-20(27)11-15-23/h2-17H,1H3/p+1. The highest BCUT2D eigenvalue weighted by Gasteiger charge is 2.50. The highest BCUT2D eigenvalue weighted by Crippen LogP contribution is 2.55. The van der Waals surface area contributed by atoms with E-state index in [1.165, 1.54) is 30.3 Å². The normalized spacial score (nSPS) is 12.0. The largest absolute Gasteiger partial charge is 0.298 e. The van der Waals surface area contributed by atoms with Crippen molar-refractivity contribution < 1.29 is 21.8 Å². The maximum Gasteiger partial charge on any atom is 0.298 e. The Morgan fingerprint density at radius 3 is 1.62 bits per heavy atom. The Morgan fingerprint density at radius 1 is 0.688 bits per heavy atom. The zero-order valence-corrected chi connectivity index (χ0v) is 18.8. The molecule has 0 bridgehead atoms. The maximum atomic E-state index is 13.9. The first-order chi connectivity index (χ1) is 15.2. The van der Waals surface area contributed by atoms with Crippen molar-refractivity contribution in [1.29, 1.82) is 0 Å². The molecule has 162 valence electrons. The van der Waals surface area contributed by atoms with Gasteiger partial charge in [0.25, 0.3) is 10.1 Å². The van der Waals surface area contributed by atoms with Crippen LogP contribution in [0, 0.1) is 18.6 Å². The van der Waals surface area contributed by atoms with Crippen molar-refractivity contribution in [2.24, 2.45) is 0 Å². The molecule has 32 heavy (non-hydrogen) atoms. The van der Waals surface area contributed by atoms with Crippen molar-refractivity contribution in [2.45, 2.75) is 11.8 Å². The number of benzene rings is 4. The molecular formula is C25H20F2O3PS+. The summed E-state index contributed by atoms with van der Waals surface area (Å²) in [7, 11) is -7.57. The van der Waals surface area contributed by atoms with E-state index >= 15 is 0 Å². The highest BCUT2D eigenvalue weighted by atomic mass is 32.2. The molecule has 0 aliphatic heterocycles. The summed E-state index contributed by atoms with van der Waals surface area (Å²) in [6, 6.07) is 25.9. The Bertz CT molecular complexity index is 1310. The molecule has 0 unspecified atom stereocenters. The third-order valence-corrected chi connectivity index (χ3v) is 10.7. The summed E-state index contributed by atoms with van der Waals surface area (Å²) in [6.45, 7) is 1.73. The predicted octanol–water partition coefficient (Wildman–Crippen LogP) is 4.14. The van der Waals surface area contributed by atoms with Gasteiger partial charge >= 0.3 is 0 Å². The fourth-order valence-electron chi connectivity index (χ4n) is 3.95. The molecule has 3 nitrogen and oxygen atoms in total. The van der Waals surface area contributed by atoms with Gasteiger partial charge in [0, 0.05) is 0 Å². The van der Waals surface area contributed by atoms with Gasteiger partial charge in [0.2, 0.25) is 0 Å². The molecule has 0 spiro atoms. The van der Waals surface area contributed by atoms with Crippen LogP contribution in [0.2, 0.25) is 0 Å². The average molecular weight is 469 g/mol. The monoisotopic (exact) mass is 469 g/mol. The third-order valence-electron chi connectivity index (χ3n) is 5.33. The Labute approximate surface area is 186 Å². The summed E-state index contributed by atoms with van der Waals surface area (Å²) in [5.74, 6) is -0.865. The molecule has 4 rings (SSSR count). The topological polar surface area (TPSA) is 54.4 Å². The summed E-state index contributed by atoms with van der Waals surface area (Å²) in [5.41, 5.74) is 0.658. The minimum Gasteiger partial charge on any atom is -0.282 e. The molecule has 4 aromatic rings. The van der Waals surface area contributed by atoms with Crippen LogP contribution in [0.4, 0.5) is 8.78 Å². The lowest BCUT2D eigenvalue weighted by Gasteiger charge is -2.28. The summed E-state index contributed by atoms with van der Waals surface area (Å²) >= 11 is 0. The second-order valence-electron chi connectivity index (χ2n) is 7.41. The van der Waals surface area contributed by atoms with Gasteiger partial charge in [0.1, 0.15) is 45.0 Å². The lowest BCUT2D eigenvalue weighted by Crippen LogP contribution is -2.40. The number of hydrogen-bond acceptors (Lipinski definition) is 2. The van der Waals surface area contributed by atoms with Crippen molar-refractivity contribution in [3.8, 4) is 0 Å². The van der Waals surface area contributed by atoms with Crippen LogP contribution in [0.5, 0.6) is 0 Å². The van der Waals surface area contributed by atoms with E-state index in [4.69, 9.17) is 0 Å². The first-order valence-electron chi connectivity index (χ1n) is 9.78. The molecule has 0 aliphatic rings. The SMILES string of the molecule is Cc1ccc([P+](c2ccccc2)(c2ccc(F)cc2)c2ccc(F)cc2)c(S(=O)(=O)O)c1. The van der Waals surface area contributed by atoms with E-state index in [0.29, 0.717) is 21.5 Å². The molecule has 0 amide bonds. The smallest absolute Gasteiger partial charge is 0.282 e. The maximum absolute atomic E-state index is 13.9. The minimum atomic E-state index is -4.60. The molecule has 4 aromatic carbocycles. The van der Waals surface area contributed by atoms with Gasteiger partial charge in [-0.05, 0) is 85.3 Å². The van der Waals surface area contributed by atoms with Crippen molar-refractivity contribution in [3.63, 3.8) is 0 Å². The number of hydrogen-bond donors (Lipinski definition) is 1. The first kappa shape index (κ1) is 22.3. The van der Waals surface area contributed by atoms with Crippen LogP contribution in [0.3, 0.4) is 0 Å². The summed E-state index contributed by atoms with van der Waals surface area (Å²) in [4.78, 5) is -0.219. The van der Waals surface area contributed by atoms with Gasteiger partial charge in [-0.25, -0.2) is 8.78 Å². The second kappa shape index (κ2) is 8.55. The molecule has 7 heteroatoms. The first-order valence-corrected chi connectivity index (χ1v) is 13.0. The fourth-order valence-corrected chi connectivity index (χ4v) is 9.61. The van der Waals surface area contributed by atoms with Gasteiger partial charge in [-0.2, -0.15) is 8.42 Å². The van der Waals surface area contributed by atoms with Crippen LogP contribution in [0.25, 0.3) is 0 Å². The van der Waals surface area contributed by atoms with Gasteiger partial charge in [-0.15, -0.1) is 0 Å². The Kier molecular flexibility index (Phi) is 5.95. The van der Waals surface area contributed by atoms with Crippen molar-refractivity contribution in [2.75, 3.05) is 0 Å². The molecule has 0 saturated carbocycles. The Hall–Kier alpha value is -2.92. The lowest BCUT2D eigenvalue weighted by atomic mass is 10.2. The van der Waals surface area contributed by atoms with Gasteiger partial charge in [-0.1, -0.05) is 24.3 Å². The summed E-state index contributed by atoms with van der Waals surface area (Å²) in [5, 5.41) is 2.51. The Morgan fingerprint density at radius 2 is 1.16 bits per heavy atom. The van der Waals surface area contributed by atoms with E-state index in [0.717, 1.165) is 5.30 Å². The number of halogens is 2. The minimum absolute atomic E-state index is 0.219. The second-order valence-corrected chi connectivity index (χ2v) is 12.2. The van der Waals surface area contributed by atoms with Crippen molar-refractivity contribution in [1.82, 2.24) is 0 Å². The highest BCUT2D eigenvalue weighted by molar-refractivity contribution is 8.02. The summed E-state index contributed by atoms with van der Waals surface area (Å²) in [6.07, 6.45) is 0. The molecule has 0 atom stereocenters. The average Bonchev–Trinajstić information content (AvgIpc) is 2.77. The van der Waals surface area contributed by atoms with Crippen LogP contribution >= 0.6 is 7.26 Å². The van der Waals surface area contributed by atoms with E-state index < -0.39 is 29.0 Å². The lowest BCUT2D eigenvalue weighted by molar-refractivity contribution is 0.484. The van der Waals surface area contributed by atoms with Crippen LogP contribution < -0.4 is 21.2 Å². The summed E-state index contributed by atoms with van der Waals surface area (Å²) < 4.78 is 62.9. The van der Waals surface area contributed by atoms with Crippen LogP contribution in [-0.2, 0) is 10.1 Å². The fraction of sp³-hybridized carbons (Fsp3) is 0.0400. The zero-order valence-electron chi connectivity index (χ0n) is 17.1. The van der Waals surface area contributed by atoms with Crippen LogP contribution in [-0.4, -0.2) is 13.0 Å². The van der Waals surface area contributed by atoms with Gasteiger partial charge in [-0.3, -0.25) is 4.55 Å². The van der Waals surface area contributed by atoms with Gasteiger partial charge in [0.05, 0.1) is 0 Å². The molecule has 0 aromatic heterocycles. The van der Waals surface area contributed by atoms with E-state index in [1.807, 2.05) is 30.3 Å². The molecule has 0 aliphatic carbocycles. The van der Waals surface area contributed by atoms with E-state index in [-0.39, 0.29) is 4.90 Å². The van der Waals surface area contributed by atoms with Crippen LogP contribution in [0.1, 0.15) is 5.56 Å².